The van der Waals surface area contributed by atoms with E-state index in [0.717, 1.165) is 30.2 Å². The number of aromatic nitrogens is 3. The lowest BCUT2D eigenvalue weighted by atomic mass is 9.93. The molecule has 0 fully saturated rings. The van der Waals surface area contributed by atoms with Crippen molar-refractivity contribution in [1.29, 1.82) is 0 Å². The van der Waals surface area contributed by atoms with Crippen LogP contribution in [0.4, 0.5) is 5.82 Å². The van der Waals surface area contributed by atoms with Gasteiger partial charge < -0.3 is 10.2 Å². The number of hydrogen-bond acceptors (Lipinski definition) is 5. The average Bonchev–Trinajstić information content (AvgIpc) is 2.44. The van der Waals surface area contributed by atoms with Gasteiger partial charge >= 0.3 is 0 Å². The molecule has 2 heterocycles. The van der Waals surface area contributed by atoms with Gasteiger partial charge in [0, 0.05) is 42.8 Å². The summed E-state index contributed by atoms with van der Waals surface area (Å²) in [7, 11) is 4.19. The van der Waals surface area contributed by atoms with Gasteiger partial charge in [-0.3, -0.25) is 4.98 Å². The molecule has 5 nitrogen and oxygen atoms in total. The zero-order valence-corrected chi connectivity index (χ0v) is 14.1. The third kappa shape index (κ3) is 4.77. The standard InChI is InChI=1S/C17H25N5/c1-13-9-15(19-11-17(2,3)12-22(4)5)21-16(20-13)14-7-6-8-18-10-14/h6-10H,11-12H2,1-5H3,(H,19,20,21). The fourth-order valence-corrected chi connectivity index (χ4v) is 2.53. The number of aryl methyl sites for hydroxylation is 1. The smallest absolute Gasteiger partial charge is 0.163 e. The first kappa shape index (κ1) is 16.4. The molecule has 0 aliphatic heterocycles. The van der Waals surface area contributed by atoms with Crippen molar-refractivity contribution in [3.05, 3.63) is 36.3 Å². The molecule has 0 bridgehead atoms. The van der Waals surface area contributed by atoms with Gasteiger partial charge in [-0.2, -0.15) is 0 Å². The van der Waals surface area contributed by atoms with Gasteiger partial charge in [0.05, 0.1) is 0 Å². The summed E-state index contributed by atoms with van der Waals surface area (Å²) in [6.45, 7) is 8.34. The first-order valence-electron chi connectivity index (χ1n) is 7.50. The fourth-order valence-electron chi connectivity index (χ4n) is 2.53. The Bertz CT molecular complexity index is 608. The summed E-state index contributed by atoms with van der Waals surface area (Å²) in [5.41, 5.74) is 2.04. The van der Waals surface area contributed by atoms with Crippen molar-refractivity contribution in [3.8, 4) is 11.4 Å². The fraction of sp³-hybridized carbons (Fsp3) is 0.471. The molecule has 118 valence electrons. The van der Waals surface area contributed by atoms with Gasteiger partial charge in [-0.25, -0.2) is 9.97 Å². The van der Waals surface area contributed by atoms with E-state index in [0.29, 0.717) is 5.82 Å². The Balaban J connectivity index is 2.14. The zero-order chi connectivity index (χ0) is 16.2. The largest absolute Gasteiger partial charge is 0.369 e. The second kappa shape index (κ2) is 6.83. The summed E-state index contributed by atoms with van der Waals surface area (Å²) in [5.74, 6) is 1.57. The number of anilines is 1. The zero-order valence-electron chi connectivity index (χ0n) is 14.1. The molecule has 2 aromatic heterocycles. The van der Waals surface area contributed by atoms with E-state index in [2.05, 4.69) is 53.1 Å². The van der Waals surface area contributed by atoms with E-state index >= 15 is 0 Å². The summed E-state index contributed by atoms with van der Waals surface area (Å²) in [6, 6.07) is 5.85. The number of nitrogens with zero attached hydrogens (tertiary/aromatic N) is 4. The maximum atomic E-state index is 4.61. The van der Waals surface area contributed by atoms with Gasteiger partial charge in [0.25, 0.3) is 0 Å². The Labute approximate surface area is 132 Å². The van der Waals surface area contributed by atoms with Crippen molar-refractivity contribution < 1.29 is 0 Å². The molecule has 0 saturated heterocycles. The Kier molecular flexibility index (Phi) is 5.08. The van der Waals surface area contributed by atoms with Crippen molar-refractivity contribution in [1.82, 2.24) is 19.9 Å². The van der Waals surface area contributed by atoms with Crippen molar-refractivity contribution >= 4 is 5.82 Å². The van der Waals surface area contributed by atoms with Crippen LogP contribution in [0.15, 0.2) is 30.6 Å². The molecular formula is C17H25N5. The molecule has 2 rings (SSSR count). The van der Waals surface area contributed by atoms with E-state index in [9.17, 15) is 0 Å². The molecule has 0 atom stereocenters. The Morgan fingerprint density at radius 1 is 1.23 bits per heavy atom. The van der Waals surface area contributed by atoms with Crippen molar-refractivity contribution in [3.63, 3.8) is 0 Å². The van der Waals surface area contributed by atoms with E-state index in [-0.39, 0.29) is 5.41 Å². The summed E-state index contributed by atoms with van der Waals surface area (Å²) in [6.07, 6.45) is 3.54. The molecule has 1 N–H and O–H groups in total. The quantitative estimate of drug-likeness (QED) is 0.889. The average molecular weight is 299 g/mol. The molecule has 0 aliphatic rings. The topological polar surface area (TPSA) is 53.9 Å². The maximum Gasteiger partial charge on any atom is 0.163 e. The van der Waals surface area contributed by atoms with Crippen LogP contribution in [0.5, 0.6) is 0 Å². The highest BCUT2D eigenvalue weighted by Gasteiger charge is 2.19. The summed E-state index contributed by atoms with van der Waals surface area (Å²) in [5, 5.41) is 3.44. The molecule has 22 heavy (non-hydrogen) atoms. The van der Waals surface area contributed by atoms with Crippen LogP contribution in [0.3, 0.4) is 0 Å². The maximum absolute atomic E-state index is 4.61. The number of nitrogens with one attached hydrogen (secondary N) is 1. The summed E-state index contributed by atoms with van der Waals surface area (Å²) in [4.78, 5) is 15.4. The first-order chi connectivity index (χ1) is 10.4. The van der Waals surface area contributed by atoms with E-state index in [1.54, 1.807) is 12.4 Å². The van der Waals surface area contributed by atoms with Gasteiger partial charge in [0.15, 0.2) is 5.82 Å². The van der Waals surface area contributed by atoms with E-state index in [1.165, 1.54) is 0 Å². The third-order valence-corrected chi connectivity index (χ3v) is 3.27. The summed E-state index contributed by atoms with van der Waals surface area (Å²) >= 11 is 0. The van der Waals surface area contributed by atoms with Crippen molar-refractivity contribution in [2.24, 2.45) is 5.41 Å². The van der Waals surface area contributed by atoms with Gasteiger partial charge in [-0.05, 0) is 38.6 Å². The predicted molar refractivity (Wildman–Crippen MR) is 90.8 cm³/mol. The highest BCUT2D eigenvalue weighted by atomic mass is 15.1. The monoisotopic (exact) mass is 299 g/mol. The minimum atomic E-state index is 0.164. The van der Waals surface area contributed by atoms with Crippen LogP contribution in [-0.2, 0) is 0 Å². The highest BCUT2D eigenvalue weighted by Crippen LogP contribution is 2.20. The Hall–Kier alpha value is -2.01. The summed E-state index contributed by atoms with van der Waals surface area (Å²) < 4.78 is 0. The SMILES string of the molecule is Cc1cc(NCC(C)(C)CN(C)C)nc(-c2cccnc2)n1. The van der Waals surface area contributed by atoms with Crippen molar-refractivity contribution in [2.45, 2.75) is 20.8 Å². The molecular weight excluding hydrogens is 274 g/mol. The van der Waals surface area contributed by atoms with Crippen molar-refractivity contribution in [2.75, 3.05) is 32.5 Å². The Morgan fingerprint density at radius 3 is 2.64 bits per heavy atom. The molecule has 2 aromatic rings. The predicted octanol–water partition coefficient (Wildman–Crippen LogP) is 2.85. The third-order valence-electron chi connectivity index (χ3n) is 3.27. The minimum Gasteiger partial charge on any atom is -0.369 e. The molecule has 0 radical (unpaired) electrons. The van der Waals surface area contributed by atoms with Crippen LogP contribution in [0, 0.1) is 12.3 Å². The van der Waals surface area contributed by atoms with Crippen LogP contribution in [0.25, 0.3) is 11.4 Å². The lowest BCUT2D eigenvalue weighted by molar-refractivity contribution is 0.254. The van der Waals surface area contributed by atoms with Crippen LogP contribution in [-0.4, -0.2) is 47.0 Å². The first-order valence-corrected chi connectivity index (χ1v) is 7.50. The minimum absolute atomic E-state index is 0.164. The second-order valence-electron chi connectivity index (χ2n) is 6.72. The van der Waals surface area contributed by atoms with Crippen LogP contribution >= 0.6 is 0 Å². The van der Waals surface area contributed by atoms with Crippen LogP contribution < -0.4 is 5.32 Å². The molecule has 0 spiro atoms. The van der Waals surface area contributed by atoms with Gasteiger partial charge in [0.1, 0.15) is 5.82 Å². The lowest BCUT2D eigenvalue weighted by Gasteiger charge is -2.28. The van der Waals surface area contributed by atoms with E-state index in [1.807, 2.05) is 25.1 Å². The van der Waals surface area contributed by atoms with E-state index in [4.69, 9.17) is 0 Å². The Morgan fingerprint density at radius 2 is 2.00 bits per heavy atom. The second-order valence-corrected chi connectivity index (χ2v) is 6.72. The van der Waals surface area contributed by atoms with Crippen LogP contribution in [0.2, 0.25) is 0 Å². The highest BCUT2D eigenvalue weighted by molar-refractivity contribution is 5.56. The number of rotatable bonds is 6. The molecule has 0 saturated carbocycles. The number of hydrogen-bond donors (Lipinski definition) is 1. The lowest BCUT2D eigenvalue weighted by Crippen LogP contribution is -2.34. The van der Waals surface area contributed by atoms with Gasteiger partial charge in [-0.1, -0.05) is 13.8 Å². The van der Waals surface area contributed by atoms with Gasteiger partial charge in [-0.15, -0.1) is 0 Å². The van der Waals surface area contributed by atoms with Gasteiger partial charge in [0.2, 0.25) is 0 Å². The normalized spacial score (nSPS) is 11.7. The van der Waals surface area contributed by atoms with Crippen LogP contribution in [0.1, 0.15) is 19.5 Å². The molecule has 0 amide bonds. The van der Waals surface area contributed by atoms with E-state index < -0.39 is 0 Å². The molecule has 0 aliphatic carbocycles. The molecule has 0 unspecified atom stereocenters. The molecule has 5 heteroatoms. The number of pyridine rings is 1. The molecule has 0 aromatic carbocycles.